The van der Waals surface area contributed by atoms with E-state index in [-0.39, 0.29) is 0 Å². The Balaban J connectivity index is 2.22. The van der Waals surface area contributed by atoms with Gasteiger partial charge in [-0.1, -0.05) is 36.7 Å². The number of aryl methyl sites for hydroxylation is 4. The van der Waals surface area contributed by atoms with Gasteiger partial charge in [0, 0.05) is 7.05 Å². The van der Waals surface area contributed by atoms with E-state index in [1.807, 2.05) is 46.0 Å². The summed E-state index contributed by atoms with van der Waals surface area (Å²) in [6.07, 6.45) is 0.829. The van der Waals surface area contributed by atoms with E-state index < -0.39 is 0 Å². The van der Waals surface area contributed by atoms with Crippen LogP contribution in [0.1, 0.15) is 29.4 Å². The van der Waals surface area contributed by atoms with Crippen molar-refractivity contribution in [3.63, 3.8) is 0 Å². The average Bonchev–Trinajstić information content (AvgIpc) is 2.65. The van der Waals surface area contributed by atoms with E-state index in [1.165, 1.54) is 0 Å². The third-order valence-corrected chi connectivity index (χ3v) is 3.70. The minimum absolute atomic E-state index is 0.439. The van der Waals surface area contributed by atoms with Crippen molar-refractivity contribution in [2.24, 2.45) is 7.05 Å². The quantitative estimate of drug-likeness (QED) is 0.850. The summed E-state index contributed by atoms with van der Waals surface area (Å²) in [7, 11) is 1.90. The standard InChI is InChI=1S/C15H19ClN2O/c1-5-12-14(16)13(18(4)17-12)9-19-15-10(2)7-6-8-11(15)3/h6-8H,5,9H2,1-4H3. The van der Waals surface area contributed by atoms with Gasteiger partial charge in [-0.3, -0.25) is 4.68 Å². The highest BCUT2D eigenvalue weighted by atomic mass is 35.5. The topological polar surface area (TPSA) is 27.1 Å². The Morgan fingerprint density at radius 3 is 2.42 bits per heavy atom. The van der Waals surface area contributed by atoms with Crippen molar-refractivity contribution in [3.8, 4) is 5.75 Å². The van der Waals surface area contributed by atoms with E-state index >= 15 is 0 Å². The van der Waals surface area contributed by atoms with Gasteiger partial charge in [0.15, 0.2) is 0 Å². The van der Waals surface area contributed by atoms with E-state index in [0.29, 0.717) is 6.61 Å². The molecule has 0 aliphatic carbocycles. The molecule has 0 saturated heterocycles. The molecule has 3 nitrogen and oxygen atoms in total. The van der Waals surface area contributed by atoms with E-state index in [9.17, 15) is 0 Å². The molecule has 19 heavy (non-hydrogen) atoms. The lowest BCUT2D eigenvalue weighted by atomic mass is 10.1. The molecule has 1 aromatic heterocycles. The fraction of sp³-hybridized carbons (Fsp3) is 0.400. The minimum Gasteiger partial charge on any atom is -0.487 e. The summed E-state index contributed by atoms with van der Waals surface area (Å²) in [5.41, 5.74) is 4.11. The largest absolute Gasteiger partial charge is 0.487 e. The highest BCUT2D eigenvalue weighted by Gasteiger charge is 2.14. The Hall–Kier alpha value is -1.48. The Morgan fingerprint density at radius 1 is 1.26 bits per heavy atom. The van der Waals surface area contributed by atoms with Crippen molar-refractivity contribution in [1.29, 1.82) is 0 Å². The van der Waals surface area contributed by atoms with Gasteiger partial charge in [-0.05, 0) is 31.4 Å². The van der Waals surface area contributed by atoms with Crippen LogP contribution in [0.4, 0.5) is 0 Å². The maximum absolute atomic E-state index is 6.31. The highest BCUT2D eigenvalue weighted by Crippen LogP contribution is 2.26. The number of rotatable bonds is 4. The Kier molecular flexibility index (Phi) is 4.15. The van der Waals surface area contributed by atoms with E-state index in [4.69, 9.17) is 16.3 Å². The van der Waals surface area contributed by atoms with E-state index in [0.717, 1.165) is 39.7 Å². The molecule has 2 rings (SSSR count). The number of para-hydroxylation sites is 1. The molecule has 4 heteroatoms. The number of hydrogen-bond donors (Lipinski definition) is 0. The summed E-state index contributed by atoms with van der Waals surface area (Å²) in [6, 6.07) is 6.12. The van der Waals surface area contributed by atoms with Gasteiger partial charge in [0.1, 0.15) is 12.4 Å². The van der Waals surface area contributed by atoms with Crippen LogP contribution in [-0.4, -0.2) is 9.78 Å². The molecule has 0 bridgehead atoms. The van der Waals surface area contributed by atoms with Crippen molar-refractivity contribution >= 4 is 11.6 Å². The monoisotopic (exact) mass is 278 g/mol. The minimum atomic E-state index is 0.439. The number of hydrogen-bond acceptors (Lipinski definition) is 2. The van der Waals surface area contributed by atoms with Gasteiger partial charge in [0.05, 0.1) is 16.4 Å². The molecule has 0 aliphatic rings. The van der Waals surface area contributed by atoms with Crippen molar-refractivity contribution in [2.45, 2.75) is 33.8 Å². The van der Waals surface area contributed by atoms with Gasteiger partial charge in [-0.25, -0.2) is 0 Å². The fourth-order valence-corrected chi connectivity index (χ4v) is 2.49. The lowest BCUT2D eigenvalue weighted by molar-refractivity contribution is 0.291. The Bertz CT molecular complexity index is 570. The number of aromatic nitrogens is 2. The summed E-state index contributed by atoms with van der Waals surface area (Å²) in [6.45, 7) is 6.58. The highest BCUT2D eigenvalue weighted by molar-refractivity contribution is 6.31. The third kappa shape index (κ3) is 2.76. The molecule has 0 aliphatic heterocycles. The molecule has 0 amide bonds. The molecular formula is C15H19ClN2O. The van der Waals surface area contributed by atoms with Crippen LogP contribution >= 0.6 is 11.6 Å². The third-order valence-electron chi connectivity index (χ3n) is 3.26. The smallest absolute Gasteiger partial charge is 0.131 e. The molecular weight excluding hydrogens is 260 g/mol. The summed E-state index contributed by atoms with van der Waals surface area (Å²) in [5.74, 6) is 0.929. The van der Waals surface area contributed by atoms with Gasteiger partial charge in [0.25, 0.3) is 0 Å². The predicted octanol–water partition coefficient (Wildman–Crippen LogP) is 3.83. The molecule has 0 atom stereocenters. The van der Waals surface area contributed by atoms with Crippen LogP contribution in [0.25, 0.3) is 0 Å². The molecule has 2 aromatic rings. The van der Waals surface area contributed by atoms with Crippen LogP contribution in [0.2, 0.25) is 5.02 Å². The van der Waals surface area contributed by atoms with Crippen LogP contribution in [0.3, 0.4) is 0 Å². The van der Waals surface area contributed by atoms with E-state index in [1.54, 1.807) is 4.68 Å². The Labute approximate surface area is 119 Å². The molecule has 0 saturated carbocycles. The molecule has 102 valence electrons. The molecule has 1 aromatic carbocycles. The van der Waals surface area contributed by atoms with Crippen LogP contribution in [0, 0.1) is 13.8 Å². The van der Waals surface area contributed by atoms with Crippen molar-refractivity contribution in [2.75, 3.05) is 0 Å². The van der Waals surface area contributed by atoms with Gasteiger partial charge >= 0.3 is 0 Å². The summed E-state index contributed by atoms with van der Waals surface area (Å²) in [4.78, 5) is 0. The first-order valence-electron chi connectivity index (χ1n) is 6.43. The van der Waals surface area contributed by atoms with E-state index in [2.05, 4.69) is 5.10 Å². The lowest BCUT2D eigenvalue weighted by Crippen LogP contribution is -2.05. The molecule has 0 fully saturated rings. The summed E-state index contributed by atoms with van der Waals surface area (Å²) in [5, 5.41) is 5.11. The number of ether oxygens (including phenoxy) is 1. The first-order valence-corrected chi connectivity index (χ1v) is 6.81. The molecule has 0 unspecified atom stereocenters. The van der Waals surface area contributed by atoms with Gasteiger partial charge in [0.2, 0.25) is 0 Å². The second kappa shape index (κ2) is 5.66. The van der Waals surface area contributed by atoms with Gasteiger partial charge < -0.3 is 4.74 Å². The normalized spacial score (nSPS) is 10.8. The number of nitrogens with zero attached hydrogens (tertiary/aromatic N) is 2. The van der Waals surface area contributed by atoms with Gasteiger partial charge in [-0.15, -0.1) is 0 Å². The van der Waals surface area contributed by atoms with Crippen molar-refractivity contribution < 1.29 is 4.74 Å². The van der Waals surface area contributed by atoms with Crippen LogP contribution in [0.5, 0.6) is 5.75 Å². The van der Waals surface area contributed by atoms with Crippen LogP contribution < -0.4 is 4.74 Å². The van der Waals surface area contributed by atoms with Crippen molar-refractivity contribution in [3.05, 3.63) is 45.7 Å². The predicted molar refractivity (Wildman–Crippen MR) is 77.8 cm³/mol. The second-order valence-electron chi connectivity index (χ2n) is 4.69. The van der Waals surface area contributed by atoms with Crippen molar-refractivity contribution in [1.82, 2.24) is 9.78 Å². The zero-order valence-corrected chi connectivity index (χ0v) is 12.6. The van der Waals surface area contributed by atoms with Gasteiger partial charge in [-0.2, -0.15) is 5.10 Å². The molecule has 1 heterocycles. The summed E-state index contributed by atoms with van der Waals surface area (Å²) < 4.78 is 7.73. The lowest BCUT2D eigenvalue weighted by Gasteiger charge is -2.12. The van der Waals surface area contributed by atoms with Crippen LogP contribution in [0.15, 0.2) is 18.2 Å². The van der Waals surface area contributed by atoms with Crippen LogP contribution in [-0.2, 0) is 20.1 Å². The first kappa shape index (κ1) is 13.9. The summed E-state index contributed by atoms with van der Waals surface area (Å²) >= 11 is 6.31. The maximum Gasteiger partial charge on any atom is 0.131 e. The SMILES string of the molecule is CCc1nn(C)c(COc2c(C)cccc2C)c1Cl. The molecule has 0 spiro atoms. The number of benzene rings is 1. The first-order chi connectivity index (χ1) is 9.04. The fourth-order valence-electron chi connectivity index (χ4n) is 2.14. The second-order valence-corrected chi connectivity index (χ2v) is 5.07. The zero-order chi connectivity index (χ0) is 14.0. The number of halogens is 1. The Morgan fingerprint density at radius 2 is 1.89 bits per heavy atom. The molecule has 0 N–H and O–H groups in total. The zero-order valence-electron chi connectivity index (χ0n) is 11.8. The maximum atomic E-state index is 6.31. The molecule has 0 radical (unpaired) electrons. The average molecular weight is 279 g/mol.